The molecule has 1 saturated carbocycles. The summed E-state index contributed by atoms with van der Waals surface area (Å²) in [5.41, 5.74) is 0.915. The van der Waals surface area contributed by atoms with Gasteiger partial charge in [-0.3, -0.25) is 9.89 Å². The summed E-state index contributed by atoms with van der Waals surface area (Å²) in [5, 5.41) is 7.16. The Morgan fingerprint density at radius 2 is 2.04 bits per heavy atom. The van der Waals surface area contributed by atoms with Crippen LogP contribution in [0.5, 0.6) is 0 Å². The zero-order valence-corrected chi connectivity index (χ0v) is 15.6. The number of carbonyl (C=O) groups excluding carboxylic acids is 1. The average Bonchev–Trinajstić information content (AvgIpc) is 2.87. The molecule has 2 atom stereocenters. The van der Waals surface area contributed by atoms with Crippen LogP contribution in [-0.2, 0) is 9.53 Å². The highest BCUT2D eigenvalue weighted by molar-refractivity contribution is 5.78. The summed E-state index contributed by atoms with van der Waals surface area (Å²) in [5.74, 6) is 1.03. The van der Waals surface area contributed by atoms with Crippen LogP contribution in [0, 0.1) is 17.3 Å². The number of H-pyrrole nitrogens is 1. The summed E-state index contributed by atoms with van der Waals surface area (Å²) in [6.45, 7) is 13.4. The van der Waals surface area contributed by atoms with Gasteiger partial charge in [0, 0.05) is 24.4 Å². The topological polar surface area (TPSA) is 58.2 Å². The molecule has 0 spiro atoms. The van der Waals surface area contributed by atoms with Crippen molar-refractivity contribution in [3.63, 3.8) is 0 Å². The average molecular weight is 333 g/mol. The lowest BCUT2D eigenvalue weighted by molar-refractivity contribution is -0.157. The highest BCUT2D eigenvalue weighted by Crippen LogP contribution is 2.59. The first-order valence-electron chi connectivity index (χ1n) is 9.13. The van der Waals surface area contributed by atoms with E-state index in [1.54, 1.807) is 0 Å². The van der Waals surface area contributed by atoms with Gasteiger partial charge in [0.1, 0.15) is 5.60 Å². The van der Waals surface area contributed by atoms with E-state index in [0.717, 1.165) is 32.5 Å². The fraction of sp³-hybridized carbons (Fsp3) is 0.789. The molecular weight excluding hydrogens is 302 g/mol. The van der Waals surface area contributed by atoms with Crippen LogP contribution in [-0.4, -0.2) is 46.3 Å². The van der Waals surface area contributed by atoms with Gasteiger partial charge in [0.2, 0.25) is 0 Å². The highest BCUT2D eigenvalue weighted by atomic mass is 16.6. The van der Waals surface area contributed by atoms with Gasteiger partial charge in [0.15, 0.2) is 0 Å². The molecule has 134 valence electrons. The van der Waals surface area contributed by atoms with E-state index in [0.29, 0.717) is 11.8 Å². The molecule has 1 aliphatic heterocycles. The van der Waals surface area contributed by atoms with Gasteiger partial charge in [0.05, 0.1) is 5.92 Å². The Kier molecular flexibility index (Phi) is 4.49. The zero-order chi connectivity index (χ0) is 17.5. The van der Waals surface area contributed by atoms with Gasteiger partial charge in [-0.05, 0) is 64.1 Å². The van der Waals surface area contributed by atoms with Crippen molar-refractivity contribution in [1.82, 2.24) is 15.1 Å². The van der Waals surface area contributed by atoms with Crippen molar-refractivity contribution >= 4 is 5.97 Å². The van der Waals surface area contributed by atoms with Crippen molar-refractivity contribution in [2.24, 2.45) is 17.3 Å². The molecule has 3 rings (SSSR count). The number of likely N-dealkylation sites (tertiary alicyclic amines) is 1. The number of nitrogens with one attached hydrogen (secondary N) is 1. The molecule has 24 heavy (non-hydrogen) atoms. The Hall–Kier alpha value is -1.36. The minimum Gasteiger partial charge on any atom is -0.460 e. The van der Waals surface area contributed by atoms with Gasteiger partial charge in [-0.25, -0.2) is 0 Å². The number of esters is 1. The van der Waals surface area contributed by atoms with Crippen molar-refractivity contribution in [2.75, 3.05) is 19.6 Å². The third kappa shape index (κ3) is 3.66. The normalized spacial score (nSPS) is 27.9. The van der Waals surface area contributed by atoms with Crippen molar-refractivity contribution in [2.45, 2.75) is 59.0 Å². The van der Waals surface area contributed by atoms with E-state index in [-0.39, 0.29) is 17.3 Å². The predicted octanol–water partition coefficient (Wildman–Crippen LogP) is 3.20. The quantitative estimate of drug-likeness (QED) is 0.860. The molecule has 1 saturated heterocycles. The standard InChI is InChI=1S/C19H31N3O2/c1-18(2,3)24-17(23)16-14(19(16,4)5)12-22-10-7-13(8-11-22)15-6-9-20-21-15/h6,9,13-14,16H,7-8,10-12H2,1-5H3,(H,20,21)/t14-,16+/m0/s1. The van der Waals surface area contributed by atoms with Crippen LogP contribution in [0.3, 0.4) is 0 Å². The van der Waals surface area contributed by atoms with Crippen molar-refractivity contribution in [3.8, 4) is 0 Å². The first kappa shape index (κ1) is 17.5. The van der Waals surface area contributed by atoms with E-state index < -0.39 is 5.60 Å². The van der Waals surface area contributed by atoms with Gasteiger partial charge in [0.25, 0.3) is 0 Å². The van der Waals surface area contributed by atoms with Crippen LogP contribution in [0.2, 0.25) is 0 Å². The fourth-order valence-electron chi connectivity index (χ4n) is 4.12. The van der Waals surface area contributed by atoms with E-state index in [9.17, 15) is 4.79 Å². The molecule has 0 amide bonds. The largest absolute Gasteiger partial charge is 0.460 e. The number of aromatic amines is 1. The maximum atomic E-state index is 12.4. The van der Waals surface area contributed by atoms with Crippen LogP contribution < -0.4 is 0 Å². The van der Waals surface area contributed by atoms with Crippen molar-refractivity contribution in [3.05, 3.63) is 18.0 Å². The Morgan fingerprint density at radius 1 is 1.38 bits per heavy atom. The first-order valence-corrected chi connectivity index (χ1v) is 9.13. The van der Waals surface area contributed by atoms with E-state index in [1.807, 2.05) is 27.0 Å². The third-order valence-electron chi connectivity index (χ3n) is 5.72. The second kappa shape index (κ2) is 6.17. The molecule has 1 aromatic rings. The Balaban J connectivity index is 1.51. The number of hydrogen-bond donors (Lipinski definition) is 1. The van der Waals surface area contributed by atoms with Gasteiger partial charge >= 0.3 is 5.97 Å². The van der Waals surface area contributed by atoms with E-state index in [2.05, 4.69) is 35.0 Å². The molecule has 0 aromatic carbocycles. The molecule has 5 heteroatoms. The number of piperidine rings is 1. The van der Waals surface area contributed by atoms with Crippen LogP contribution in [0.15, 0.2) is 12.3 Å². The Morgan fingerprint density at radius 3 is 2.58 bits per heavy atom. The van der Waals surface area contributed by atoms with Crippen LogP contribution >= 0.6 is 0 Å². The molecule has 5 nitrogen and oxygen atoms in total. The second-order valence-corrected chi connectivity index (χ2v) is 9.03. The number of nitrogens with zero attached hydrogens (tertiary/aromatic N) is 2. The van der Waals surface area contributed by atoms with Crippen LogP contribution in [0.4, 0.5) is 0 Å². The van der Waals surface area contributed by atoms with Gasteiger partial charge < -0.3 is 9.64 Å². The zero-order valence-electron chi connectivity index (χ0n) is 15.6. The summed E-state index contributed by atoms with van der Waals surface area (Å²) < 4.78 is 5.61. The Labute approximate surface area is 145 Å². The smallest absolute Gasteiger partial charge is 0.310 e. The number of hydrogen-bond acceptors (Lipinski definition) is 4. The number of aromatic nitrogens is 2. The maximum absolute atomic E-state index is 12.4. The molecular formula is C19H31N3O2. The molecule has 1 aromatic heterocycles. The molecule has 2 fully saturated rings. The number of carbonyl (C=O) groups is 1. The first-order chi connectivity index (χ1) is 11.2. The van der Waals surface area contributed by atoms with Gasteiger partial charge in [-0.15, -0.1) is 0 Å². The predicted molar refractivity (Wildman–Crippen MR) is 93.6 cm³/mol. The van der Waals surface area contributed by atoms with Crippen LogP contribution in [0.25, 0.3) is 0 Å². The summed E-state index contributed by atoms with van der Waals surface area (Å²) in [6, 6.07) is 2.09. The molecule has 1 N–H and O–H groups in total. The number of rotatable bonds is 4. The molecule has 0 radical (unpaired) electrons. The lowest BCUT2D eigenvalue weighted by atomic mass is 9.93. The minimum absolute atomic E-state index is 0.0233. The molecule has 2 aliphatic rings. The monoisotopic (exact) mass is 333 g/mol. The van der Waals surface area contributed by atoms with Crippen molar-refractivity contribution in [1.29, 1.82) is 0 Å². The summed E-state index contributed by atoms with van der Waals surface area (Å²) in [6.07, 6.45) is 4.15. The SMILES string of the molecule is CC(C)(C)OC(=O)[C@H]1[C@H](CN2CCC(c3ccn[nH]3)CC2)C1(C)C. The highest BCUT2D eigenvalue weighted by Gasteiger charge is 2.63. The third-order valence-corrected chi connectivity index (χ3v) is 5.72. The minimum atomic E-state index is -0.400. The fourth-order valence-corrected chi connectivity index (χ4v) is 4.12. The molecule has 0 unspecified atom stereocenters. The van der Waals surface area contributed by atoms with E-state index in [1.165, 1.54) is 5.69 Å². The van der Waals surface area contributed by atoms with Gasteiger partial charge in [-0.1, -0.05) is 13.8 Å². The van der Waals surface area contributed by atoms with Crippen LogP contribution in [0.1, 0.15) is 59.1 Å². The van der Waals surface area contributed by atoms with Crippen molar-refractivity contribution < 1.29 is 9.53 Å². The lowest BCUT2D eigenvalue weighted by Gasteiger charge is -2.31. The lowest BCUT2D eigenvalue weighted by Crippen LogP contribution is -2.35. The summed E-state index contributed by atoms with van der Waals surface area (Å²) in [4.78, 5) is 15.0. The summed E-state index contributed by atoms with van der Waals surface area (Å²) in [7, 11) is 0. The van der Waals surface area contributed by atoms with E-state index in [4.69, 9.17) is 4.74 Å². The Bertz CT molecular complexity index is 566. The number of ether oxygens (including phenoxy) is 1. The molecule has 0 bridgehead atoms. The van der Waals surface area contributed by atoms with E-state index >= 15 is 0 Å². The molecule has 1 aliphatic carbocycles. The second-order valence-electron chi connectivity index (χ2n) is 9.03. The molecule has 2 heterocycles. The summed E-state index contributed by atoms with van der Waals surface area (Å²) >= 11 is 0. The maximum Gasteiger partial charge on any atom is 0.310 e. The van der Waals surface area contributed by atoms with Gasteiger partial charge in [-0.2, -0.15) is 5.10 Å².